The summed E-state index contributed by atoms with van der Waals surface area (Å²) in [5.74, 6) is -1.51. The highest BCUT2D eigenvalue weighted by atomic mass is 19.1. The predicted molar refractivity (Wildman–Crippen MR) is 69.9 cm³/mol. The molecule has 6 nitrogen and oxygen atoms in total. The van der Waals surface area contributed by atoms with Crippen LogP contribution in [0.4, 0.5) is 9.18 Å². The maximum atomic E-state index is 12.9. The molecule has 20 heavy (non-hydrogen) atoms. The van der Waals surface area contributed by atoms with Crippen molar-refractivity contribution in [2.24, 2.45) is 0 Å². The second-order valence-corrected chi connectivity index (χ2v) is 4.13. The van der Waals surface area contributed by atoms with Gasteiger partial charge in [0.15, 0.2) is 6.04 Å². The van der Waals surface area contributed by atoms with Crippen LogP contribution in [0.1, 0.15) is 5.56 Å². The van der Waals surface area contributed by atoms with Gasteiger partial charge in [0.2, 0.25) is 0 Å². The lowest BCUT2D eigenvalue weighted by atomic mass is 10.1. The number of carboxylic acids is 1. The van der Waals surface area contributed by atoms with Crippen LogP contribution < -0.4 is 10.6 Å². The van der Waals surface area contributed by atoms with Crippen LogP contribution in [0.2, 0.25) is 0 Å². The number of aliphatic carboxylic acids is 1. The van der Waals surface area contributed by atoms with Crippen LogP contribution in [0.25, 0.3) is 0 Å². The standard InChI is InChI=1S/C13H17FN2O4/c1-20-8-11(12(17)18)16-13(19)15-6-5-9-3-2-4-10(14)7-9/h2-4,7,11H,5-6,8H2,1H3,(H,17,18)(H2,15,16,19). The molecule has 1 aromatic rings. The molecule has 0 heterocycles. The van der Waals surface area contributed by atoms with Crippen molar-refractivity contribution in [3.8, 4) is 0 Å². The van der Waals surface area contributed by atoms with Gasteiger partial charge in [-0.25, -0.2) is 14.0 Å². The summed E-state index contributed by atoms with van der Waals surface area (Å²) in [5.41, 5.74) is 0.747. The van der Waals surface area contributed by atoms with E-state index in [1.165, 1.54) is 19.2 Å². The van der Waals surface area contributed by atoms with E-state index in [2.05, 4.69) is 15.4 Å². The Kier molecular flexibility index (Phi) is 6.45. The fourth-order valence-corrected chi connectivity index (χ4v) is 1.56. The smallest absolute Gasteiger partial charge is 0.328 e. The van der Waals surface area contributed by atoms with Crippen LogP contribution in [0.15, 0.2) is 24.3 Å². The molecule has 110 valence electrons. The largest absolute Gasteiger partial charge is 0.480 e. The summed E-state index contributed by atoms with van der Waals surface area (Å²) in [4.78, 5) is 22.3. The lowest BCUT2D eigenvalue weighted by Crippen LogP contribution is -2.48. The molecule has 0 radical (unpaired) electrons. The van der Waals surface area contributed by atoms with Crippen LogP contribution in [0, 0.1) is 5.82 Å². The molecule has 2 amide bonds. The second-order valence-electron chi connectivity index (χ2n) is 4.13. The molecule has 0 saturated heterocycles. The first-order valence-corrected chi connectivity index (χ1v) is 6.03. The molecule has 0 aromatic heterocycles. The van der Waals surface area contributed by atoms with Gasteiger partial charge in [0.05, 0.1) is 6.61 Å². The van der Waals surface area contributed by atoms with Gasteiger partial charge >= 0.3 is 12.0 Å². The third-order valence-corrected chi connectivity index (χ3v) is 2.53. The van der Waals surface area contributed by atoms with Crippen LogP contribution in [0.3, 0.4) is 0 Å². The highest BCUT2D eigenvalue weighted by molar-refractivity contribution is 5.82. The SMILES string of the molecule is COCC(NC(=O)NCCc1cccc(F)c1)C(=O)O. The normalized spacial score (nSPS) is 11.7. The number of carbonyl (C=O) groups excluding carboxylic acids is 1. The Balaban J connectivity index is 2.34. The third kappa shape index (κ3) is 5.66. The molecule has 3 N–H and O–H groups in total. The number of rotatable bonds is 7. The van der Waals surface area contributed by atoms with Crippen molar-refractivity contribution in [3.05, 3.63) is 35.6 Å². The van der Waals surface area contributed by atoms with E-state index >= 15 is 0 Å². The molecule has 1 atom stereocenters. The molecule has 7 heteroatoms. The van der Waals surface area contributed by atoms with Crippen molar-refractivity contribution in [2.75, 3.05) is 20.3 Å². The molecule has 0 bridgehead atoms. The van der Waals surface area contributed by atoms with Crippen LogP contribution in [-0.2, 0) is 16.0 Å². The first kappa shape index (κ1) is 15.9. The van der Waals surface area contributed by atoms with Gasteiger partial charge in [-0.15, -0.1) is 0 Å². The number of hydrogen-bond acceptors (Lipinski definition) is 3. The minimum atomic E-state index is -1.17. The Morgan fingerprint density at radius 3 is 2.80 bits per heavy atom. The number of halogens is 1. The zero-order valence-corrected chi connectivity index (χ0v) is 11.1. The molecule has 0 aliphatic carbocycles. The quantitative estimate of drug-likeness (QED) is 0.690. The minimum absolute atomic E-state index is 0.118. The number of carbonyl (C=O) groups is 2. The van der Waals surface area contributed by atoms with E-state index in [0.29, 0.717) is 6.42 Å². The van der Waals surface area contributed by atoms with Crippen LogP contribution >= 0.6 is 0 Å². The molecule has 1 aromatic carbocycles. The average Bonchev–Trinajstić information content (AvgIpc) is 2.38. The van der Waals surface area contributed by atoms with Crippen molar-refractivity contribution < 1.29 is 23.8 Å². The van der Waals surface area contributed by atoms with E-state index in [-0.39, 0.29) is 19.0 Å². The zero-order valence-electron chi connectivity index (χ0n) is 11.1. The van der Waals surface area contributed by atoms with Crippen molar-refractivity contribution in [3.63, 3.8) is 0 Å². The van der Waals surface area contributed by atoms with Crippen molar-refractivity contribution in [1.29, 1.82) is 0 Å². The molecule has 0 aliphatic heterocycles. The second kappa shape index (κ2) is 8.11. The Morgan fingerprint density at radius 2 is 2.20 bits per heavy atom. The summed E-state index contributed by atoms with van der Waals surface area (Å²) in [6.07, 6.45) is 0.452. The maximum absolute atomic E-state index is 12.9. The summed E-state index contributed by atoms with van der Waals surface area (Å²) in [6, 6.07) is 4.34. The monoisotopic (exact) mass is 284 g/mol. The van der Waals surface area contributed by atoms with E-state index in [1.807, 2.05) is 0 Å². The number of hydrogen-bond donors (Lipinski definition) is 3. The Morgan fingerprint density at radius 1 is 1.45 bits per heavy atom. The highest BCUT2D eigenvalue weighted by Crippen LogP contribution is 2.03. The molecule has 0 saturated carbocycles. The van der Waals surface area contributed by atoms with Crippen molar-refractivity contribution in [2.45, 2.75) is 12.5 Å². The van der Waals surface area contributed by atoms with Crippen molar-refractivity contribution >= 4 is 12.0 Å². The number of methoxy groups -OCH3 is 1. The summed E-state index contributed by atoms with van der Waals surface area (Å²) < 4.78 is 17.6. The van der Waals surface area contributed by atoms with Crippen LogP contribution in [-0.4, -0.2) is 43.4 Å². The summed E-state index contributed by atoms with van der Waals surface area (Å²) in [7, 11) is 1.35. The number of benzene rings is 1. The van der Waals surface area contributed by atoms with E-state index in [1.54, 1.807) is 12.1 Å². The van der Waals surface area contributed by atoms with Gasteiger partial charge in [-0.3, -0.25) is 0 Å². The fraction of sp³-hybridized carbons (Fsp3) is 0.385. The minimum Gasteiger partial charge on any atom is -0.480 e. The summed E-state index contributed by atoms with van der Waals surface area (Å²) in [6.45, 7) is 0.154. The van der Waals surface area contributed by atoms with Gasteiger partial charge in [-0.1, -0.05) is 12.1 Å². The number of nitrogens with one attached hydrogen (secondary N) is 2. The van der Waals surface area contributed by atoms with Gasteiger partial charge in [-0.05, 0) is 24.1 Å². The summed E-state index contributed by atoms with van der Waals surface area (Å²) >= 11 is 0. The molecule has 0 fully saturated rings. The Hall–Kier alpha value is -2.15. The van der Waals surface area contributed by atoms with E-state index in [9.17, 15) is 14.0 Å². The van der Waals surface area contributed by atoms with E-state index < -0.39 is 18.0 Å². The number of carboxylic acid groups (broad SMARTS) is 1. The summed E-state index contributed by atoms with van der Waals surface area (Å²) in [5, 5.41) is 13.6. The first-order chi connectivity index (χ1) is 9.52. The first-order valence-electron chi connectivity index (χ1n) is 6.03. The fourth-order valence-electron chi connectivity index (χ4n) is 1.56. The highest BCUT2D eigenvalue weighted by Gasteiger charge is 2.19. The van der Waals surface area contributed by atoms with Gasteiger partial charge < -0.3 is 20.5 Å². The van der Waals surface area contributed by atoms with E-state index in [0.717, 1.165) is 5.56 Å². The molecular formula is C13H17FN2O4. The molecule has 1 unspecified atom stereocenters. The van der Waals surface area contributed by atoms with Gasteiger partial charge in [-0.2, -0.15) is 0 Å². The molecule has 1 rings (SSSR count). The number of amides is 2. The predicted octanol–water partition coefficient (Wildman–Crippen LogP) is 0.767. The molecule has 0 aliphatic rings. The zero-order chi connectivity index (χ0) is 15.0. The third-order valence-electron chi connectivity index (χ3n) is 2.53. The van der Waals surface area contributed by atoms with Gasteiger partial charge in [0.25, 0.3) is 0 Å². The van der Waals surface area contributed by atoms with Crippen molar-refractivity contribution in [1.82, 2.24) is 10.6 Å². The topological polar surface area (TPSA) is 87.7 Å². The maximum Gasteiger partial charge on any atom is 0.328 e. The lowest BCUT2D eigenvalue weighted by Gasteiger charge is -2.14. The average molecular weight is 284 g/mol. The number of urea groups is 1. The lowest BCUT2D eigenvalue weighted by molar-refractivity contribution is -0.140. The Bertz CT molecular complexity index is 467. The number of ether oxygens (including phenoxy) is 1. The Labute approximate surface area is 115 Å². The molecule has 0 spiro atoms. The van der Waals surface area contributed by atoms with Gasteiger partial charge in [0.1, 0.15) is 5.82 Å². The van der Waals surface area contributed by atoms with Gasteiger partial charge in [0, 0.05) is 13.7 Å². The van der Waals surface area contributed by atoms with E-state index in [4.69, 9.17) is 5.11 Å². The molecular weight excluding hydrogens is 267 g/mol. The van der Waals surface area contributed by atoms with Crippen LogP contribution in [0.5, 0.6) is 0 Å².